The van der Waals surface area contributed by atoms with Gasteiger partial charge in [0.15, 0.2) is 0 Å². The molecule has 0 aliphatic carbocycles. The zero-order valence-corrected chi connectivity index (χ0v) is 13.4. The molecular formula is C17H24N2O3. The molecule has 2 rings (SSSR count). The van der Waals surface area contributed by atoms with Crippen molar-refractivity contribution in [3.05, 3.63) is 29.3 Å². The Morgan fingerprint density at radius 1 is 1.36 bits per heavy atom. The second-order valence-electron chi connectivity index (χ2n) is 5.96. The van der Waals surface area contributed by atoms with E-state index in [1.165, 1.54) is 0 Å². The van der Waals surface area contributed by atoms with Crippen molar-refractivity contribution >= 4 is 11.8 Å². The van der Waals surface area contributed by atoms with Gasteiger partial charge in [0.1, 0.15) is 5.75 Å². The van der Waals surface area contributed by atoms with Crippen molar-refractivity contribution in [3.8, 4) is 5.75 Å². The van der Waals surface area contributed by atoms with Gasteiger partial charge in [-0.2, -0.15) is 0 Å². The fourth-order valence-corrected chi connectivity index (χ4v) is 2.66. The summed E-state index contributed by atoms with van der Waals surface area (Å²) in [6.07, 6.45) is 1.92. The van der Waals surface area contributed by atoms with E-state index in [0.29, 0.717) is 24.9 Å². The highest BCUT2D eigenvalue weighted by molar-refractivity contribution is 5.95. The first kappa shape index (κ1) is 16.3. The SMILES string of the molecule is COc1ccc(C(=O)NC2CCNC(=O)CC2)cc1C(C)C. The maximum Gasteiger partial charge on any atom is 0.251 e. The largest absolute Gasteiger partial charge is 0.496 e. The molecule has 5 nitrogen and oxygen atoms in total. The minimum atomic E-state index is -0.0936. The molecule has 0 radical (unpaired) electrons. The number of hydrogen-bond donors (Lipinski definition) is 2. The van der Waals surface area contributed by atoms with E-state index < -0.39 is 0 Å². The van der Waals surface area contributed by atoms with Gasteiger partial charge < -0.3 is 15.4 Å². The Morgan fingerprint density at radius 2 is 2.14 bits per heavy atom. The molecule has 2 N–H and O–H groups in total. The fourth-order valence-electron chi connectivity index (χ4n) is 2.66. The van der Waals surface area contributed by atoms with Gasteiger partial charge in [-0.25, -0.2) is 0 Å². The summed E-state index contributed by atoms with van der Waals surface area (Å²) < 4.78 is 5.34. The predicted octanol–water partition coefficient (Wildman–Crippen LogP) is 2.22. The molecule has 1 unspecified atom stereocenters. The van der Waals surface area contributed by atoms with Gasteiger partial charge in [0.25, 0.3) is 5.91 Å². The van der Waals surface area contributed by atoms with Crippen LogP contribution in [0.5, 0.6) is 5.75 Å². The highest BCUT2D eigenvalue weighted by Gasteiger charge is 2.19. The van der Waals surface area contributed by atoms with Gasteiger partial charge in [0.2, 0.25) is 5.91 Å². The number of nitrogens with one attached hydrogen (secondary N) is 2. The van der Waals surface area contributed by atoms with Crippen molar-refractivity contribution in [1.82, 2.24) is 10.6 Å². The third kappa shape index (κ3) is 4.00. The van der Waals surface area contributed by atoms with Crippen LogP contribution in [0.2, 0.25) is 0 Å². The smallest absolute Gasteiger partial charge is 0.251 e. The van der Waals surface area contributed by atoms with E-state index in [4.69, 9.17) is 4.74 Å². The molecule has 1 aliphatic heterocycles. The van der Waals surface area contributed by atoms with Crippen LogP contribution in [0.4, 0.5) is 0 Å². The van der Waals surface area contributed by atoms with Crippen molar-refractivity contribution in [2.45, 2.75) is 45.1 Å². The van der Waals surface area contributed by atoms with E-state index in [9.17, 15) is 9.59 Å². The number of benzene rings is 1. The molecule has 1 aliphatic rings. The number of rotatable bonds is 4. The summed E-state index contributed by atoms with van der Waals surface area (Å²) in [5, 5.41) is 5.85. The molecule has 1 aromatic carbocycles. The Balaban J connectivity index is 2.09. The molecule has 1 fully saturated rings. The predicted molar refractivity (Wildman–Crippen MR) is 85.2 cm³/mol. The van der Waals surface area contributed by atoms with Gasteiger partial charge >= 0.3 is 0 Å². The van der Waals surface area contributed by atoms with Gasteiger partial charge in [0.05, 0.1) is 7.11 Å². The van der Waals surface area contributed by atoms with E-state index in [-0.39, 0.29) is 23.8 Å². The molecule has 1 saturated heterocycles. The molecule has 1 atom stereocenters. The van der Waals surface area contributed by atoms with E-state index in [1.54, 1.807) is 13.2 Å². The van der Waals surface area contributed by atoms with Crippen LogP contribution in [0.1, 0.15) is 54.9 Å². The quantitative estimate of drug-likeness (QED) is 0.896. The zero-order valence-electron chi connectivity index (χ0n) is 13.4. The maximum atomic E-state index is 12.4. The number of hydrogen-bond acceptors (Lipinski definition) is 3. The summed E-state index contributed by atoms with van der Waals surface area (Å²) in [6.45, 7) is 4.76. The summed E-state index contributed by atoms with van der Waals surface area (Å²) in [4.78, 5) is 23.8. The zero-order chi connectivity index (χ0) is 16.1. The molecule has 1 aromatic rings. The highest BCUT2D eigenvalue weighted by Crippen LogP contribution is 2.27. The van der Waals surface area contributed by atoms with Gasteiger partial charge in [-0.15, -0.1) is 0 Å². The van der Waals surface area contributed by atoms with E-state index in [2.05, 4.69) is 24.5 Å². The van der Waals surface area contributed by atoms with E-state index >= 15 is 0 Å². The fraction of sp³-hybridized carbons (Fsp3) is 0.529. The molecular weight excluding hydrogens is 280 g/mol. The summed E-state index contributed by atoms with van der Waals surface area (Å²) in [5.74, 6) is 1.05. The second kappa shape index (κ2) is 7.29. The topological polar surface area (TPSA) is 67.4 Å². The number of amides is 2. The summed E-state index contributed by atoms with van der Waals surface area (Å²) in [5.41, 5.74) is 1.65. The van der Waals surface area contributed by atoms with Crippen molar-refractivity contribution < 1.29 is 14.3 Å². The third-order valence-corrected chi connectivity index (χ3v) is 3.98. The van der Waals surface area contributed by atoms with Gasteiger partial charge in [-0.1, -0.05) is 13.8 Å². The molecule has 0 saturated carbocycles. The van der Waals surface area contributed by atoms with Crippen LogP contribution in [0, 0.1) is 0 Å². The molecule has 22 heavy (non-hydrogen) atoms. The molecule has 0 aromatic heterocycles. The Labute approximate surface area is 131 Å². The van der Waals surface area contributed by atoms with E-state index in [0.717, 1.165) is 17.7 Å². The van der Waals surface area contributed by atoms with Crippen molar-refractivity contribution in [3.63, 3.8) is 0 Å². The van der Waals surface area contributed by atoms with Crippen LogP contribution >= 0.6 is 0 Å². The average Bonchev–Trinajstić information content (AvgIpc) is 2.71. The standard InChI is InChI=1S/C17H24N2O3/c1-11(2)14-10-12(4-6-15(14)22-3)17(21)19-13-5-7-16(20)18-9-8-13/h4,6,10-11,13H,5,7-9H2,1-3H3,(H,18,20)(H,19,21). The Hall–Kier alpha value is -2.04. The van der Waals surface area contributed by atoms with Crippen molar-refractivity contribution in [1.29, 1.82) is 0 Å². The van der Waals surface area contributed by atoms with Crippen LogP contribution in [-0.2, 0) is 4.79 Å². The molecule has 1 heterocycles. The van der Waals surface area contributed by atoms with Crippen LogP contribution in [0.25, 0.3) is 0 Å². The van der Waals surface area contributed by atoms with E-state index in [1.807, 2.05) is 12.1 Å². The first-order valence-electron chi connectivity index (χ1n) is 7.76. The summed E-state index contributed by atoms with van der Waals surface area (Å²) in [7, 11) is 1.64. The van der Waals surface area contributed by atoms with Crippen LogP contribution < -0.4 is 15.4 Å². The Bertz CT molecular complexity index is 555. The summed E-state index contributed by atoms with van der Waals surface area (Å²) in [6, 6.07) is 5.54. The maximum absolute atomic E-state index is 12.4. The monoisotopic (exact) mass is 304 g/mol. The lowest BCUT2D eigenvalue weighted by Crippen LogP contribution is -2.35. The number of carbonyl (C=O) groups excluding carboxylic acids is 2. The molecule has 0 spiro atoms. The van der Waals surface area contributed by atoms with Gasteiger partial charge in [-0.3, -0.25) is 9.59 Å². The molecule has 2 amide bonds. The molecule has 5 heteroatoms. The first-order chi connectivity index (χ1) is 10.5. The minimum Gasteiger partial charge on any atom is -0.496 e. The lowest BCUT2D eigenvalue weighted by Gasteiger charge is -2.17. The third-order valence-electron chi connectivity index (χ3n) is 3.98. The van der Waals surface area contributed by atoms with Crippen molar-refractivity contribution in [2.75, 3.05) is 13.7 Å². The van der Waals surface area contributed by atoms with Gasteiger partial charge in [0, 0.05) is 24.6 Å². The normalized spacial score (nSPS) is 18.5. The lowest BCUT2D eigenvalue weighted by atomic mass is 9.99. The average molecular weight is 304 g/mol. The second-order valence-corrected chi connectivity index (χ2v) is 5.96. The minimum absolute atomic E-state index is 0.0380. The first-order valence-corrected chi connectivity index (χ1v) is 7.76. The van der Waals surface area contributed by atoms with Gasteiger partial charge in [-0.05, 0) is 42.5 Å². The highest BCUT2D eigenvalue weighted by atomic mass is 16.5. The number of methoxy groups -OCH3 is 1. The Morgan fingerprint density at radius 3 is 2.82 bits per heavy atom. The molecule has 120 valence electrons. The van der Waals surface area contributed by atoms with Crippen LogP contribution in [0.3, 0.4) is 0 Å². The summed E-state index contributed by atoms with van der Waals surface area (Å²) >= 11 is 0. The molecule has 0 bridgehead atoms. The Kier molecular flexibility index (Phi) is 5.41. The number of carbonyl (C=O) groups is 2. The van der Waals surface area contributed by atoms with Crippen LogP contribution in [0.15, 0.2) is 18.2 Å². The lowest BCUT2D eigenvalue weighted by molar-refractivity contribution is -0.120. The number of ether oxygens (including phenoxy) is 1. The van der Waals surface area contributed by atoms with Crippen LogP contribution in [-0.4, -0.2) is 31.5 Å². The van der Waals surface area contributed by atoms with Crippen molar-refractivity contribution in [2.24, 2.45) is 0 Å².